The standard InChI is InChI=1S/C18H15IN2/c19-16-8-4-5-9-18(16)21-13-14-10-11-17(20-12-14)15-6-2-1-3-7-15/h1-12,21H,13H2. The van der Waals surface area contributed by atoms with E-state index in [2.05, 4.69) is 69.3 Å². The second-order valence-corrected chi connectivity index (χ2v) is 5.91. The monoisotopic (exact) mass is 386 g/mol. The molecule has 3 heteroatoms. The first kappa shape index (κ1) is 14.1. The molecule has 0 fully saturated rings. The number of nitrogens with zero attached hydrogens (tertiary/aromatic N) is 1. The highest BCUT2D eigenvalue weighted by atomic mass is 127. The summed E-state index contributed by atoms with van der Waals surface area (Å²) in [5.74, 6) is 0. The van der Waals surface area contributed by atoms with Crippen molar-refractivity contribution < 1.29 is 0 Å². The highest BCUT2D eigenvalue weighted by molar-refractivity contribution is 14.1. The van der Waals surface area contributed by atoms with Crippen LogP contribution in [0.4, 0.5) is 5.69 Å². The van der Waals surface area contributed by atoms with Gasteiger partial charge >= 0.3 is 0 Å². The lowest BCUT2D eigenvalue weighted by Crippen LogP contribution is -2.01. The van der Waals surface area contributed by atoms with Crippen molar-refractivity contribution in [3.63, 3.8) is 0 Å². The van der Waals surface area contributed by atoms with Crippen LogP contribution >= 0.6 is 22.6 Å². The maximum atomic E-state index is 4.54. The van der Waals surface area contributed by atoms with E-state index >= 15 is 0 Å². The zero-order valence-electron chi connectivity index (χ0n) is 11.5. The number of halogens is 1. The Labute approximate surface area is 138 Å². The van der Waals surface area contributed by atoms with Gasteiger partial charge in [0.25, 0.3) is 0 Å². The van der Waals surface area contributed by atoms with Crippen LogP contribution in [0, 0.1) is 3.57 Å². The molecule has 0 atom stereocenters. The number of aromatic nitrogens is 1. The van der Waals surface area contributed by atoms with Gasteiger partial charge in [-0.1, -0.05) is 48.5 Å². The largest absolute Gasteiger partial charge is 0.380 e. The van der Waals surface area contributed by atoms with Crippen LogP contribution in [0.3, 0.4) is 0 Å². The lowest BCUT2D eigenvalue weighted by atomic mass is 10.1. The highest BCUT2D eigenvalue weighted by Gasteiger charge is 2.01. The summed E-state index contributed by atoms with van der Waals surface area (Å²) >= 11 is 2.34. The number of hydrogen-bond acceptors (Lipinski definition) is 2. The van der Waals surface area contributed by atoms with Gasteiger partial charge in [-0.15, -0.1) is 0 Å². The van der Waals surface area contributed by atoms with Crippen molar-refractivity contribution in [1.82, 2.24) is 4.98 Å². The predicted molar refractivity (Wildman–Crippen MR) is 96.2 cm³/mol. The predicted octanol–water partition coefficient (Wildman–Crippen LogP) is 4.97. The molecule has 3 rings (SSSR count). The molecule has 2 aromatic carbocycles. The Morgan fingerprint density at radius 3 is 2.33 bits per heavy atom. The molecule has 1 N–H and O–H groups in total. The van der Waals surface area contributed by atoms with Gasteiger partial charge in [-0.2, -0.15) is 0 Å². The van der Waals surface area contributed by atoms with Crippen LogP contribution in [0.5, 0.6) is 0 Å². The molecule has 1 aromatic heterocycles. The molecule has 1 heterocycles. The quantitative estimate of drug-likeness (QED) is 0.641. The first-order valence-electron chi connectivity index (χ1n) is 6.82. The molecule has 0 aliphatic heterocycles. The minimum atomic E-state index is 0.780. The summed E-state index contributed by atoms with van der Waals surface area (Å²) in [7, 11) is 0. The number of pyridine rings is 1. The lowest BCUT2D eigenvalue weighted by Gasteiger charge is -2.08. The van der Waals surface area contributed by atoms with Crippen LogP contribution in [0.15, 0.2) is 72.9 Å². The Hall–Kier alpha value is -1.88. The summed E-state index contributed by atoms with van der Waals surface area (Å²) in [5.41, 5.74) is 4.49. The summed E-state index contributed by atoms with van der Waals surface area (Å²) in [5, 5.41) is 3.44. The maximum absolute atomic E-state index is 4.54. The van der Waals surface area contributed by atoms with Crippen molar-refractivity contribution in [3.05, 3.63) is 82.1 Å². The zero-order chi connectivity index (χ0) is 14.5. The second kappa shape index (κ2) is 6.72. The molecule has 3 aromatic rings. The lowest BCUT2D eigenvalue weighted by molar-refractivity contribution is 1.11. The normalized spacial score (nSPS) is 10.3. The van der Waals surface area contributed by atoms with Crippen LogP contribution < -0.4 is 5.32 Å². The van der Waals surface area contributed by atoms with Crippen LogP contribution in [-0.2, 0) is 6.54 Å². The van der Waals surface area contributed by atoms with Gasteiger partial charge in [0.15, 0.2) is 0 Å². The average molecular weight is 386 g/mol. The molecule has 2 nitrogen and oxygen atoms in total. The molecule has 0 amide bonds. The molecule has 104 valence electrons. The molecule has 0 unspecified atom stereocenters. The Bertz CT molecular complexity index is 709. The molecule has 21 heavy (non-hydrogen) atoms. The summed E-state index contributed by atoms with van der Waals surface area (Å²) < 4.78 is 1.23. The fraction of sp³-hybridized carbons (Fsp3) is 0.0556. The third kappa shape index (κ3) is 3.61. The third-order valence-corrected chi connectivity index (χ3v) is 4.19. The second-order valence-electron chi connectivity index (χ2n) is 4.75. The maximum Gasteiger partial charge on any atom is 0.0702 e. The number of hydrogen-bond donors (Lipinski definition) is 1. The first-order chi connectivity index (χ1) is 10.3. The Morgan fingerprint density at radius 2 is 1.62 bits per heavy atom. The highest BCUT2D eigenvalue weighted by Crippen LogP contribution is 2.19. The van der Waals surface area contributed by atoms with Crippen LogP contribution in [0.25, 0.3) is 11.3 Å². The number of para-hydroxylation sites is 1. The molecule has 0 aliphatic rings. The minimum absolute atomic E-state index is 0.780. The van der Waals surface area contributed by atoms with Crippen LogP contribution in [0.2, 0.25) is 0 Å². The molecular formula is C18H15IN2. The van der Waals surface area contributed by atoms with Crippen molar-refractivity contribution in [2.75, 3.05) is 5.32 Å². The first-order valence-corrected chi connectivity index (χ1v) is 7.89. The Morgan fingerprint density at radius 1 is 0.857 bits per heavy atom. The van der Waals surface area contributed by atoms with E-state index in [1.54, 1.807) is 0 Å². The van der Waals surface area contributed by atoms with E-state index in [1.807, 2.05) is 36.5 Å². The van der Waals surface area contributed by atoms with Crippen molar-refractivity contribution in [2.24, 2.45) is 0 Å². The van der Waals surface area contributed by atoms with Crippen molar-refractivity contribution in [2.45, 2.75) is 6.54 Å². The van der Waals surface area contributed by atoms with E-state index in [0.29, 0.717) is 0 Å². The molecule has 0 saturated carbocycles. The van der Waals surface area contributed by atoms with Gasteiger partial charge in [-0.05, 0) is 46.4 Å². The molecule has 0 bridgehead atoms. The molecule has 0 saturated heterocycles. The van der Waals surface area contributed by atoms with Gasteiger partial charge in [0.05, 0.1) is 5.69 Å². The summed E-state index contributed by atoms with van der Waals surface area (Å²) in [6, 6.07) is 22.7. The van der Waals surface area contributed by atoms with Gasteiger partial charge in [0, 0.05) is 27.6 Å². The van der Waals surface area contributed by atoms with E-state index in [-0.39, 0.29) is 0 Å². The van der Waals surface area contributed by atoms with Gasteiger partial charge in [-0.25, -0.2) is 0 Å². The third-order valence-electron chi connectivity index (χ3n) is 3.25. The smallest absolute Gasteiger partial charge is 0.0702 e. The van der Waals surface area contributed by atoms with Gasteiger partial charge in [0.1, 0.15) is 0 Å². The molecule has 0 radical (unpaired) electrons. The van der Waals surface area contributed by atoms with Crippen LogP contribution in [0.1, 0.15) is 5.56 Å². The van der Waals surface area contributed by atoms with Crippen LogP contribution in [-0.4, -0.2) is 4.98 Å². The van der Waals surface area contributed by atoms with E-state index in [1.165, 1.54) is 9.13 Å². The van der Waals surface area contributed by atoms with E-state index in [0.717, 1.165) is 23.5 Å². The average Bonchev–Trinajstić information content (AvgIpc) is 2.55. The van der Waals surface area contributed by atoms with Gasteiger partial charge in [0.2, 0.25) is 0 Å². The topological polar surface area (TPSA) is 24.9 Å². The summed E-state index contributed by atoms with van der Waals surface area (Å²) in [6.45, 7) is 0.780. The van der Waals surface area contributed by atoms with Gasteiger partial charge < -0.3 is 5.32 Å². The minimum Gasteiger partial charge on any atom is -0.380 e. The van der Waals surface area contributed by atoms with Crippen molar-refractivity contribution >= 4 is 28.3 Å². The Balaban J connectivity index is 1.69. The molecule has 0 spiro atoms. The summed E-state index contributed by atoms with van der Waals surface area (Å²) in [4.78, 5) is 4.54. The van der Waals surface area contributed by atoms with Crippen molar-refractivity contribution in [3.8, 4) is 11.3 Å². The van der Waals surface area contributed by atoms with Crippen molar-refractivity contribution in [1.29, 1.82) is 0 Å². The van der Waals surface area contributed by atoms with E-state index < -0.39 is 0 Å². The number of benzene rings is 2. The van der Waals surface area contributed by atoms with E-state index in [9.17, 15) is 0 Å². The number of anilines is 1. The fourth-order valence-electron chi connectivity index (χ4n) is 2.11. The fourth-order valence-corrected chi connectivity index (χ4v) is 2.69. The van der Waals surface area contributed by atoms with E-state index in [4.69, 9.17) is 0 Å². The SMILES string of the molecule is Ic1ccccc1NCc1ccc(-c2ccccc2)nc1. The molecule has 0 aliphatic carbocycles. The zero-order valence-corrected chi connectivity index (χ0v) is 13.6. The molecular weight excluding hydrogens is 371 g/mol. The summed E-state index contributed by atoms with van der Waals surface area (Å²) in [6.07, 6.45) is 1.94. The number of rotatable bonds is 4. The van der Waals surface area contributed by atoms with Gasteiger partial charge in [-0.3, -0.25) is 4.98 Å². The Kier molecular flexibility index (Phi) is 4.50. The number of nitrogens with one attached hydrogen (secondary N) is 1.